The summed E-state index contributed by atoms with van der Waals surface area (Å²) in [5, 5.41) is 3.24. The topological polar surface area (TPSA) is 65.2 Å². The Morgan fingerprint density at radius 1 is 1.28 bits per heavy atom. The Morgan fingerprint density at radius 2 is 2.00 bits per heavy atom. The minimum Gasteiger partial charge on any atom is -0.356 e. The molecule has 7 heteroatoms. The summed E-state index contributed by atoms with van der Waals surface area (Å²) in [6.07, 6.45) is 3.19. The molecule has 0 saturated carbocycles. The molecule has 2 aromatic rings. The second-order valence-electron chi connectivity index (χ2n) is 6.31. The Balaban J connectivity index is 1.70. The number of carbonyl (C=O) groups excluding carboxylic acids is 2. The van der Waals surface area contributed by atoms with Gasteiger partial charge in [0.15, 0.2) is 5.78 Å². The number of piperidine rings is 1. The Labute approximate surface area is 150 Å². The summed E-state index contributed by atoms with van der Waals surface area (Å²) in [4.78, 5) is 29.8. The number of aromatic amines is 1. The van der Waals surface area contributed by atoms with Gasteiger partial charge in [0.1, 0.15) is 11.5 Å². The van der Waals surface area contributed by atoms with E-state index in [2.05, 4.69) is 22.2 Å². The third-order valence-electron chi connectivity index (χ3n) is 4.42. The first-order chi connectivity index (χ1) is 11.9. The number of aromatic nitrogens is 1. The highest BCUT2D eigenvalue weighted by Crippen LogP contribution is 2.19. The van der Waals surface area contributed by atoms with Crippen molar-refractivity contribution in [2.24, 2.45) is 0 Å². The summed E-state index contributed by atoms with van der Waals surface area (Å²) in [6.45, 7) is 1.88. The molecule has 0 bridgehead atoms. The lowest BCUT2D eigenvalue weighted by Crippen LogP contribution is -2.43. The second kappa shape index (κ2) is 7.37. The number of likely N-dealkylation sites (tertiary alicyclic amines) is 1. The molecule has 1 amide bonds. The van der Waals surface area contributed by atoms with Crippen LogP contribution in [0.3, 0.4) is 0 Å². The highest BCUT2D eigenvalue weighted by molar-refractivity contribution is 6.31. The standard InChI is InChI=1S/C18H19ClFN3O2/c1-23-6-4-13(5-7-23)22-18(25)16-8-11(10-21-16)17(24)14-9-12(19)2-3-15(14)20/h2-3,8-10,13,21H,4-7H2,1H3,(H,22,25). The number of ketones is 1. The largest absolute Gasteiger partial charge is 0.356 e. The number of hydrogen-bond donors (Lipinski definition) is 2. The van der Waals surface area contributed by atoms with Gasteiger partial charge in [-0.15, -0.1) is 0 Å². The number of halogens is 2. The van der Waals surface area contributed by atoms with Gasteiger partial charge in [0.05, 0.1) is 5.56 Å². The van der Waals surface area contributed by atoms with E-state index < -0.39 is 11.6 Å². The van der Waals surface area contributed by atoms with Crippen molar-refractivity contribution >= 4 is 23.3 Å². The van der Waals surface area contributed by atoms with Crippen molar-refractivity contribution in [3.63, 3.8) is 0 Å². The maximum absolute atomic E-state index is 13.8. The summed E-state index contributed by atoms with van der Waals surface area (Å²) in [7, 11) is 2.05. The van der Waals surface area contributed by atoms with E-state index in [1.807, 2.05) is 0 Å². The fourth-order valence-electron chi connectivity index (χ4n) is 2.90. The predicted molar refractivity (Wildman–Crippen MR) is 93.6 cm³/mol. The normalized spacial score (nSPS) is 16.0. The van der Waals surface area contributed by atoms with Gasteiger partial charge < -0.3 is 15.2 Å². The summed E-state index contributed by atoms with van der Waals surface area (Å²) in [5.41, 5.74) is 0.383. The molecule has 3 rings (SSSR count). The molecule has 1 aromatic carbocycles. The summed E-state index contributed by atoms with van der Waals surface area (Å²) in [5.74, 6) is -1.43. The van der Waals surface area contributed by atoms with Gasteiger partial charge in [-0.3, -0.25) is 9.59 Å². The molecule has 0 radical (unpaired) electrons. The lowest BCUT2D eigenvalue weighted by Gasteiger charge is -2.29. The van der Waals surface area contributed by atoms with Crippen LogP contribution in [-0.4, -0.2) is 47.8 Å². The first-order valence-electron chi connectivity index (χ1n) is 8.11. The van der Waals surface area contributed by atoms with Crippen molar-refractivity contribution in [3.8, 4) is 0 Å². The number of nitrogens with one attached hydrogen (secondary N) is 2. The maximum Gasteiger partial charge on any atom is 0.267 e. The van der Waals surface area contributed by atoms with Gasteiger partial charge in [-0.25, -0.2) is 4.39 Å². The number of hydrogen-bond acceptors (Lipinski definition) is 3. The molecule has 0 atom stereocenters. The molecular formula is C18H19ClFN3O2. The molecule has 0 spiro atoms. The van der Waals surface area contributed by atoms with Crippen LogP contribution in [0.4, 0.5) is 4.39 Å². The zero-order chi connectivity index (χ0) is 18.0. The molecule has 25 heavy (non-hydrogen) atoms. The zero-order valence-corrected chi connectivity index (χ0v) is 14.6. The SMILES string of the molecule is CN1CCC(NC(=O)c2cc(C(=O)c3cc(Cl)ccc3F)c[nH]2)CC1. The highest BCUT2D eigenvalue weighted by Gasteiger charge is 2.21. The van der Waals surface area contributed by atoms with Crippen LogP contribution in [0, 0.1) is 5.82 Å². The number of carbonyl (C=O) groups is 2. The average molecular weight is 364 g/mol. The van der Waals surface area contributed by atoms with E-state index in [-0.39, 0.29) is 33.8 Å². The fraction of sp³-hybridized carbons (Fsp3) is 0.333. The van der Waals surface area contributed by atoms with Crippen molar-refractivity contribution in [1.29, 1.82) is 0 Å². The van der Waals surface area contributed by atoms with Crippen molar-refractivity contribution in [3.05, 3.63) is 58.1 Å². The van der Waals surface area contributed by atoms with Crippen LogP contribution in [-0.2, 0) is 0 Å². The smallest absolute Gasteiger partial charge is 0.267 e. The highest BCUT2D eigenvalue weighted by atomic mass is 35.5. The summed E-state index contributed by atoms with van der Waals surface area (Å²) < 4.78 is 13.8. The molecule has 5 nitrogen and oxygen atoms in total. The van der Waals surface area contributed by atoms with Crippen LogP contribution in [0.15, 0.2) is 30.5 Å². The first-order valence-corrected chi connectivity index (χ1v) is 8.49. The molecule has 1 aromatic heterocycles. The van der Waals surface area contributed by atoms with E-state index in [0.29, 0.717) is 0 Å². The van der Waals surface area contributed by atoms with Crippen molar-refractivity contribution in [2.45, 2.75) is 18.9 Å². The second-order valence-corrected chi connectivity index (χ2v) is 6.74. The molecule has 2 heterocycles. The van der Waals surface area contributed by atoms with Gasteiger partial charge in [-0.2, -0.15) is 0 Å². The number of H-pyrrole nitrogens is 1. The fourth-order valence-corrected chi connectivity index (χ4v) is 3.07. The molecule has 132 valence electrons. The Morgan fingerprint density at radius 3 is 2.72 bits per heavy atom. The third-order valence-corrected chi connectivity index (χ3v) is 4.65. The Kier molecular flexibility index (Phi) is 5.20. The maximum atomic E-state index is 13.8. The van der Waals surface area contributed by atoms with E-state index in [1.54, 1.807) is 0 Å². The van der Waals surface area contributed by atoms with E-state index in [4.69, 9.17) is 11.6 Å². The van der Waals surface area contributed by atoms with E-state index in [0.717, 1.165) is 32.0 Å². The molecule has 1 fully saturated rings. The minimum atomic E-state index is -0.645. The van der Waals surface area contributed by atoms with Gasteiger partial charge in [0, 0.05) is 22.8 Å². The van der Waals surface area contributed by atoms with Gasteiger partial charge in [-0.1, -0.05) is 11.6 Å². The average Bonchev–Trinajstić information content (AvgIpc) is 3.08. The monoisotopic (exact) mass is 363 g/mol. The third kappa shape index (κ3) is 4.08. The quantitative estimate of drug-likeness (QED) is 0.821. The molecule has 2 N–H and O–H groups in total. The molecule has 1 saturated heterocycles. The summed E-state index contributed by atoms with van der Waals surface area (Å²) >= 11 is 5.83. The van der Waals surface area contributed by atoms with Gasteiger partial charge in [0.25, 0.3) is 5.91 Å². The van der Waals surface area contributed by atoms with Crippen molar-refractivity contribution < 1.29 is 14.0 Å². The van der Waals surface area contributed by atoms with Crippen LogP contribution in [0.25, 0.3) is 0 Å². The number of rotatable bonds is 4. The van der Waals surface area contributed by atoms with E-state index >= 15 is 0 Å². The molecule has 0 unspecified atom stereocenters. The summed E-state index contributed by atoms with van der Waals surface area (Å²) in [6, 6.07) is 5.37. The minimum absolute atomic E-state index is 0.117. The Hall–Kier alpha value is -2.18. The predicted octanol–water partition coefficient (Wildman–Crippen LogP) is 2.86. The first kappa shape index (κ1) is 17.6. The molecular weight excluding hydrogens is 345 g/mol. The number of benzene rings is 1. The molecule has 1 aliphatic rings. The van der Waals surface area contributed by atoms with Crippen molar-refractivity contribution in [1.82, 2.24) is 15.2 Å². The van der Waals surface area contributed by atoms with Gasteiger partial charge >= 0.3 is 0 Å². The van der Waals surface area contributed by atoms with Crippen LogP contribution in [0.1, 0.15) is 39.3 Å². The number of amides is 1. The van der Waals surface area contributed by atoms with E-state index in [1.165, 1.54) is 24.4 Å². The van der Waals surface area contributed by atoms with Crippen LogP contribution in [0.5, 0.6) is 0 Å². The molecule has 0 aliphatic carbocycles. The van der Waals surface area contributed by atoms with Gasteiger partial charge in [0.2, 0.25) is 0 Å². The van der Waals surface area contributed by atoms with Crippen LogP contribution >= 0.6 is 11.6 Å². The van der Waals surface area contributed by atoms with Crippen LogP contribution in [0.2, 0.25) is 5.02 Å². The Bertz CT molecular complexity index is 797. The molecule has 1 aliphatic heterocycles. The number of nitrogens with zero attached hydrogens (tertiary/aromatic N) is 1. The van der Waals surface area contributed by atoms with Crippen molar-refractivity contribution in [2.75, 3.05) is 20.1 Å². The van der Waals surface area contributed by atoms with Crippen LogP contribution < -0.4 is 5.32 Å². The van der Waals surface area contributed by atoms with E-state index in [9.17, 15) is 14.0 Å². The van der Waals surface area contributed by atoms with Gasteiger partial charge in [-0.05, 0) is 57.2 Å². The zero-order valence-electron chi connectivity index (χ0n) is 13.8. The lowest BCUT2D eigenvalue weighted by atomic mass is 10.0. The lowest BCUT2D eigenvalue weighted by molar-refractivity contribution is 0.0912.